The van der Waals surface area contributed by atoms with Crippen molar-refractivity contribution in [3.05, 3.63) is 11.6 Å². The highest BCUT2D eigenvalue weighted by Crippen LogP contribution is 2.35. The molecule has 0 aromatic heterocycles. The smallest absolute Gasteiger partial charge is 0.133 e. The molecule has 0 radical (unpaired) electrons. The number of carbonyl (C=O) groups excluding carboxylic acids is 1. The van der Waals surface area contributed by atoms with Crippen molar-refractivity contribution in [3.8, 4) is 0 Å². The van der Waals surface area contributed by atoms with Gasteiger partial charge in [0, 0.05) is 5.92 Å². The Kier molecular flexibility index (Phi) is 3.91. The summed E-state index contributed by atoms with van der Waals surface area (Å²) >= 11 is 0. The van der Waals surface area contributed by atoms with E-state index in [0.717, 1.165) is 12.3 Å². The Bertz CT molecular complexity index is 236. The summed E-state index contributed by atoms with van der Waals surface area (Å²) in [6, 6.07) is 0. The Morgan fingerprint density at radius 2 is 1.86 bits per heavy atom. The fraction of sp³-hybridized carbons (Fsp3) is 0.769. The van der Waals surface area contributed by atoms with E-state index in [1.165, 1.54) is 18.4 Å². The molecule has 0 saturated heterocycles. The van der Waals surface area contributed by atoms with Crippen LogP contribution in [0.3, 0.4) is 0 Å². The normalized spacial score (nSPS) is 32.4. The first-order chi connectivity index (χ1) is 6.50. The van der Waals surface area contributed by atoms with E-state index >= 15 is 0 Å². The zero-order valence-electron chi connectivity index (χ0n) is 9.84. The Labute approximate surface area is 87.6 Å². The molecule has 0 N–H and O–H groups in total. The van der Waals surface area contributed by atoms with Crippen LogP contribution in [-0.2, 0) is 4.79 Å². The Morgan fingerprint density at radius 3 is 2.36 bits per heavy atom. The minimum atomic E-state index is 0.286. The minimum Gasteiger partial charge on any atom is -0.300 e. The van der Waals surface area contributed by atoms with E-state index in [1.807, 2.05) is 0 Å². The zero-order chi connectivity index (χ0) is 10.7. The summed E-state index contributed by atoms with van der Waals surface area (Å²) in [5.41, 5.74) is 1.34. The van der Waals surface area contributed by atoms with Crippen molar-refractivity contribution < 1.29 is 4.79 Å². The van der Waals surface area contributed by atoms with Crippen molar-refractivity contribution in [2.75, 3.05) is 0 Å². The molecule has 1 rings (SSSR count). The molecule has 80 valence electrons. The molecule has 0 aromatic carbocycles. The summed E-state index contributed by atoms with van der Waals surface area (Å²) in [7, 11) is 0. The maximum Gasteiger partial charge on any atom is 0.133 e. The van der Waals surface area contributed by atoms with Crippen LogP contribution in [0.25, 0.3) is 0 Å². The number of Topliss-reactive ketones (excluding diaryl/α,β-unsaturated/α-hetero) is 1. The van der Waals surface area contributed by atoms with E-state index in [0.29, 0.717) is 11.7 Å². The number of carbonyl (C=O) groups is 1. The molecule has 3 atom stereocenters. The fourth-order valence-corrected chi connectivity index (χ4v) is 2.50. The summed E-state index contributed by atoms with van der Waals surface area (Å²) in [6.07, 6.45) is 5.84. The van der Waals surface area contributed by atoms with Crippen LogP contribution in [0, 0.1) is 17.8 Å². The highest BCUT2D eigenvalue weighted by molar-refractivity contribution is 5.79. The number of allylic oxidation sites excluding steroid dienone is 2. The van der Waals surface area contributed by atoms with Gasteiger partial charge in [-0.15, -0.1) is 0 Å². The topological polar surface area (TPSA) is 17.1 Å². The molecule has 0 aromatic rings. The van der Waals surface area contributed by atoms with Crippen LogP contribution in [0.2, 0.25) is 0 Å². The third kappa shape index (κ3) is 2.97. The van der Waals surface area contributed by atoms with Gasteiger partial charge in [0.1, 0.15) is 5.78 Å². The van der Waals surface area contributed by atoms with Gasteiger partial charge in [-0.1, -0.05) is 25.0 Å². The van der Waals surface area contributed by atoms with Crippen LogP contribution in [0.15, 0.2) is 11.6 Å². The van der Waals surface area contributed by atoms with Crippen LogP contribution in [0.4, 0.5) is 0 Å². The average Bonchev–Trinajstić information content (AvgIpc) is 2.07. The Hall–Kier alpha value is -0.590. The van der Waals surface area contributed by atoms with Gasteiger partial charge >= 0.3 is 0 Å². The highest BCUT2D eigenvalue weighted by Gasteiger charge is 2.29. The zero-order valence-corrected chi connectivity index (χ0v) is 9.84. The van der Waals surface area contributed by atoms with Crippen molar-refractivity contribution >= 4 is 5.78 Å². The second-order valence-electron chi connectivity index (χ2n) is 5.04. The second kappa shape index (κ2) is 4.77. The van der Waals surface area contributed by atoms with Gasteiger partial charge in [0.05, 0.1) is 0 Å². The molecular formula is C13H22O. The largest absolute Gasteiger partial charge is 0.300 e. The maximum atomic E-state index is 11.5. The van der Waals surface area contributed by atoms with E-state index in [2.05, 4.69) is 26.8 Å². The summed E-state index contributed by atoms with van der Waals surface area (Å²) < 4.78 is 0. The molecule has 1 unspecified atom stereocenters. The average molecular weight is 194 g/mol. The minimum absolute atomic E-state index is 0.286. The van der Waals surface area contributed by atoms with E-state index < -0.39 is 0 Å². The lowest BCUT2D eigenvalue weighted by Gasteiger charge is -2.31. The molecule has 1 aliphatic rings. The summed E-state index contributed by atoms with van der Waals surface area (Å²) in [6.45, 7) is 8.24. The van der Waals surface area contributed by atoms with E-state index in [1.54, 1.807) is 6.92 Å². The predicted molar refractivity (Wildman–Crippen MR) is 60.1 cm³/mol. The van der Waals surface area contributed by atoms with Crippen molar-refractivity contribution in [1.82, 2.24) is 0 Å². The summed E-state index contributed by atoms with van der Waals surface area (Å²) in [5, 5.41) is 0. The van der Waals surface area contributed by atoms with E-state index in [-0.39, 0.29) is 5.92 Å². The SMILES string of the molecule is CC(=O)[C@@H]1C[C@H](C)CCC1C=C(C)C. The molecule has 1 aliphatic carbocycles. The second-order valence-corrected chi connectivity index (χ2v) is 5.04. The Balaban J connectivity index is 2.72. The third-order valence-corrected chi connectivity index (χ3v) is 3.24. The standard InChI is InChI=1S/C13H22O/c1-9(2)7-12-6-5-10(3)8-13(12)11(4)14/h7,10,12-13H,5-6,8H2,1-4H3/t10-,12?,13+/m1/s1. The molecule has 0 aliphatic heterocycles. The number of hydrogen-bond donors (Lipinski definition) is 0. The van der Waals surface area contributed by atoms with Gasteiger partial charge < -0.3 is 0 Å². The first-order valence-electron chi connectivity index (χ1n) is 5.66. The van der Waals surface area contributed by atoms with Gasteiger partial charge in [0.15, 0.2) is 0 Å². The first-order valence-corrected chi connectivity index (χ1v) is 5.66. The quantitative estimate of drug-likeness (QED) is 0.614. The van der Waals surface area contributed by atoms with Gasteiger partial charge in [0.25, 0.3) is 0 Å². The monoisotopic (exact) mass is 194 g/mol. The van der Waals surface area contributed by atoms with Crippen LogP contribution < -0.4 is 0 Å². The molecule has 1 saturated carbocycles. The maximum absolute atomic E-state index is 11.5. The fourth-order valence-electron chi connectivity index (χ4n) is 2.50. The molecule has 1 nitrogen and oxygen atoms in total. The first kappa shape index (κ1) is 11.5. The van der Waals surface area contributed by atoms with Gasteiger partial charge in [-0.3, -0.25) is 4.79 Å². The summed E-state index contributed by atoms with van der Waals surface area (Å²) in [4.78, 5) is 11.5. The molecule has 0 bridgehead atoms. The molecule has 0 amide bonds. The van der Waals surface area contributed by atoms with Crippen LogP contribution in [0.1, 0.15) is 47.0 Å². The van der Waals surface area contributed by atoms with Gasteiger partial charge in [-0.05, 0) is 45.4 Å². The van der Waals surface area contributed by atoms with Crippen LogP contribution in [0.5, 0.6) is 0 Å². The lowest BCUT2D eigenvalue weighted by atomic mass is 9.72. The van der Waals surface area contributed by atoms with Crippen molar-refractivity contribution in [2.45, 2.75) is 47.0 Å². The number of hydrogen-bond acceptors (Lipinski definition) is 1. The molecule has 0 heterocycles. The van der Waals surface area contributed by atoms with Gasteiger partial charge in [-0.25, -0.2) is 0 Å². The molecular weight excluding hydrogens is 172 g/mol. The lowest BCUT2D eigenvalue weighted by Crippen LogP contribution is -2.27. The molecule has 1 fully saturated rings. The van der Waals surface area contributed by atoms with E-state index in [9.17, 15) is 4.79 Å². The molecule has 1 heteroatoms. The van der Waals surface area contributed by atoms with Crippen molar-refractivity contribution in [2.24, 2.45) is 17.8 Å². The number of ketones is 1. The van der Waals surface area contributed by atoms with Crippen LogP contribution in [-0.4, -0.2) is 5.78 Å². The lowest BCUT2D eigenvalue weighted by molar-refractivity contribution is -0.123. The number of rotatable bonds is 2. The van der Waals surface area contributed by atoms with Crippen molar-refractivity contribution in [1.29, 1.82) is 0 Å². The molecule has 14 heavy (non-hydrogen) atoms. The predicted octanol–water partition coefficient (Wildman–Crippen LogP) is 3.59. The van der Waals surface area contributed by atoms with Gasteiger partial charge in [0.2, 0.25) is 0 Å². The van der Waals surface area contributed by atoms with E-state index in [4.69, 9.17) is 0 Å². The van der Waals surface area contributed by atoms with Crippen molar-refractivity contribution in [3.63, 3.8) is 0 Å². The Morgan fingerprint density at radius 1 is 1.21 bits per heavy atom. The molecule has 0 spiro atoms. The summed E-state index contributed by atoms with van der Waals surface area (Å²) in [5.74, 6) is 1.90. The highest BCUT2D eigenvalue weighted by atomic mass is 16.1. The van der Waals surface area contributed by atoms with Crippen LogP contribution >= 0.6 is 0 Å². The third-order valence-electron chi connectivity index (χ3n) is 3.24. The van der Waals surface area contributed by atoms with Gasteiger partial charge in [-0.2, -0.15) is 0 Å².